The highest BCUT2D eigenvalue weighted by Crippen LogP contribution is 2.38. The second kappa shape index (κ2) is 17.5. The van der Waals surface area contributed by atoms with Crippen LogP contribution in [-0.2, 0) is 0 Å². The maximum atomic E-state index is 3.69. The third-order valence-electron chi connectivity index (χ3n) is 9.81. The number of benzene rings is 2. The summed E-state index contributed by atoms with van der Waals surface area (Å²) >= 11 is 0. The number of rotatable bonds is 12. The van der Waals surface area contributed by atoms with Crippen LogP contribution in [0.2, 0.25) is 0 Å². The molecule has 0 saturated carbocycles. The summed E-state index contributed by atoms with van der Waals surface area (Å²) in [5, 5.41) is 3.69. The third-order valence-corrected chi connectivity index (χ3v) is 9.81. The standard InChI is InChI=1S/C46H53N/c1-5-7-17-39-29-30-44(38-19-9-8-10-20-38)34-43(39)24-15-25-45(6-2)47-46-26-14-21-40(31-32-46)42-23-13-22-41(33-42)36(4)27-28-37-18-12-11-16-35(37)3/h5-9,11-13,15-16,18-19,21-23,25-28,31-34,36,39,44,47H,10,14,17,20,24,29-30H2,1-4H3/b7-5-,25-15-,28-27-,45-6+. The van der Waals surface area contributed by atoms with Crippen LogP contribution < -0.4 is 5.32 Å². The van der Waals surface area contributed by atoms with Crippen molar-refractivity contribution in [1.82, 2.24) is 5.32 Å². The highest BCUT2D eigenvalue weighted by Gasteiger charge is 2.23. The smallest absolute Gasteiger partial charge is 0.0346 e. The zero-order valence-electron chi connectivity index (χ0n) is 29.0. The van der Waals surface area contributed by atoms with Crippen molar-refractivity contribution < 1.29 is 0 Å². The lowest BCUT2D eigenvalue weighted by molar-refractivity contribution is 0.454. The minimum Gasteiger partial charge on any atom is -0.356 e. The van der Waals surface area contributed by atoms with Gasteiger partial charge in [0, 0.05) is 11.4 Å². The summed E-state index contributed by atoms with van der Waals surface area (Å²) in [6.07, 6.45) is 42.5. The molecular weight excluding hydrogens is 567 g/mol. The van der Waals surface area contributed by atoms with Crippen molar-refractivity contribution in [3.8, 4) is 0 Å². The van der Waals surface area contributed by atoms with Gasteiger partial charge in [-0.25, -0.2) is 0 Å². The fourth-order valence-electron chi connectivity index (χ4n) is 6.84. The molecule has 0 bridgehead atoms. The van der Waals surface area contributed by atoms with E-state index in [9.17, 15) is 0 Å². The molecule has 0 heterocycles. The van der Waals surface area contributed by atoms with Gasteiger partial charge in [0.2, 0.25) is 0 Å². The zero-order chi connectivity index (χ0) is 32.8. The molecule has 0 spiro atoms. The van der Waals surface area contributed by atoms with Crippen LogP contribution in [0.15, 0.2) is 156 Å². The number of aryl methyl sites for hydroxylation is 1. The van der Waals surface area contributed by atoms with Crippen molar-refractivity contribution >= 4 is 11.6 Å². The van der Waals surface area contributed by atoms with Gasteiger partial charge in [0.15, 0.2) is 0 Å². The van der Waals surface area contributed by atoms with Crippen LogP contribution in [0.5, 0.6) is 0 Å². The zero-order valence-corrected chi connectivity index (χ0v) is 29.0. The molecule has 242 valence electrons. The fraction of sp³-hybridized carbons (Fsp3) is 0.304. The van der Waals surface area contributed by atoms with Crippen molar-refractivity contribution in [2.75, 3.05) is 0 Å². The summed E-state index contributed by atoms with van der Waals surface area (Å²) in [6, 6.07) is 17.6. The molecule has 1 heteroatoms. The van der Waals surface area contributed by atoms with Crippen LogP contribution in [0.25, 0.3) is 11.6 Å². The molecule has 0 aliphatic heterocycles. The Bertz CT molecular complexity index is 1670. The van der Waals surface area contributed by atoms with E-state index in [1.54, 1.807) is 11.1 Å². The lowest BCUT2D eigenvalue weighted by atomic mass is 9.75. The Balaban J connectivity index is 1.20. The highest BCUT2D eigenvalue weighted by molar-refractivity contribution is 5.76. The molecule has 3 aliphatic rings. The molecule has 3 unspecified atom stereocenters. The predicted octanol–water partition coefficient (Wildman–Crippen LogP) is 12.7. The molecule has 47 heavy (non-hydrogen) atoms. The summed E-state index contributed by atoms with van der Waals surface area (Å²) in [6.45, 7) is 8.70. The molecule has 3 atom stereocenters. The van der Waals surface area contributed by atoms with Crippen LogP contribution >= 0.6 is 0 Å². The summed E-state index contributed by atoms with van der Waals surface area (Å²) in [7, 11) is 0. The van der Waals surface area contributed by atoms with Gasteiger partial charge in [0.25, 0.3) is 0 Å². The fourth-order valence-corrected chi connectivity index (χ4v) is 6.84. The van der Waals surface area contributed by atoms with Gasteiger partial charge in [0.05, 0.1) is 0 Å². The van der Waals surface area contributed by atoms with Crippen molar-refractivity contribution in [3.05, 3.63) is 178 Å². The minimum atomic E-state index is 0.333. The van der Waals surface area contributed by atoms with E-state index in [0.717, 1.165) is 30.7 Å². The molecule has 1 N–H and O–H groups in total. The largest absolute Gasteiger partial charge is 0.356 e. The number of allylic oxidation sites excluding steroid dienone is 17. The van der Waals surface area contributed by atoms with Crippen molar-refractivity contribution in [2.45, 2.75) is 78.6 Å². The molecule has 5 rings (SSSR count). The second-order valence-corrected chi connectivity index (χ2v) is 13.1. The third kappa shape index (κ3) is 9.82. The first kappa shape index (κ1) is 34.0. The predicted molar refractivity (Wildman–Crippen MR) is 206 cm³/mol. The SMILES string of the molecule is C/C=C\CC1CCC(C2=CC=CCC2)C=C1C/C=C\C(=C/C)NC1=CCC=C(c2cccc(C(C)/C=C\c3ccccc3C)c2)C=C1. The van der Waals surface area contributed by atoms with E-state index in [1.165, 1.54) is 53.5 Å². The molecule has 0 aromatic heterocycles. The van der Waals surface area contributed by atoms with Crippen molar-refractivity contribution in [3.63, 3.8) is 0 Å². The van der Waals surface area contributed by atoms with Crippen LogP contribution in [0.1, 0.15) is 93.9 Å². The summed E-state index contributed by atoms with van der Waals surface area (Å²) in [5.41, 5.74) is 11.9. The van der Waals surface area contributed by atoms with E-state index >= 15 is 0 Å². The van der Waals surface area contributed by atoms with Crippen LogP contribution in [0.4, 0.5) is 0 Å². The molecule has 3 aliphatic carbocycles. The van der Waals surface area contributed by atoms with Gasteiger partial charge in [-0.2, -0.15) is 0 Å². The quantitative estimate of drug-likeness (QED) is 0.184. The lowest BCUT2D eigenvalue weighted by Crippen LogP contribution is -2.16. The topological polar surface area (TPSA) is 12.0 Å². The Morgan fingerprint density at radius 3 is 2.70 bits per heavy atom. The number of hydrogen-bond acceptors (Lipinski definition) is 1. The van der Waals surface area contributed by atoms with Gasteiger partial charge < -0.3 is 5.32 Å². The molecule has 2 aromatic carbocycles. The van der Waals surface area contributed by atoms with Gasteiger partial charge in [-0.3, -0.25) is 0 Å². The average molecular weight is 620 g/mol. The van der Waals surface area contributed by atoms with Gasteiger partial charge >= 0.3 is 0 Å². The van der Waals surface area contributed by atoms with Crippen molar-refractivity contribution in [1.29, 1.82) is 0 Å². The first-order valence-corrected chi connectivity index (χ1v) is 17.7. The molecule has 0 saturated heterocycles. The summed E-state index contributed by atoms with van der Waals surface area (Å²) in [5.74, 6) is 1.59. The van der Waals surface area contributed by atoms with E-state index < -0.39 is 0 Å². The van der Waals surface area contributed by atoms with Crippen LogP contribution in [-0.4, -0.2) is 0 Å². The second-order valence-electron chi connectivity index (χ2n) is 13.1. The van der Waals surface area contributed by atoms with Gasteiger partial charge in [0.1, 0.15) is 0 Å². The molecule has 1 nitrogen and oxygen atoms in total. The van der Waals surface area contributed by atoms with E-state index in [2.05, 4.69) is 173 Å². The van der Waals surface area contributed by atoms with E-state index in [0.29, 0.717) is 17.8 Å². The van der Waals surface area contributed by atoms with Gasteiger partial charge in [-0.15, -0.1) is 0 Å². The van der Waals surface area contributed by atoms with Crippen molar-refractivity contribution in [2.24, 2.45) is 11.8 Å². The Morgan fingerprint density at radius 2 is 1.89 bits per heavy atom. The first-order chi connectivity index (χ1) is 23.0. The van der Waals surface area contributed by atoms with E-state index in [-0.39, 0.29) is 0 Å². The minimum absolute atomic E-state index is 0.333. The maximum absolute atomic E-state index is 3.69. The molecule has 0 fully saturated rings. The lowest BCUT2D eigenvalue weighted by Gasteiger charge is -2.30. The highest BCUT2D eigenvalue weighted by atomic mass is 14.9. The number of hydrogen-bond donors (Lipinski definition) is 1. The first-order valence-electron chi connectivity index (χ1n) is 17.7. The van der Waals surface area contributed by atoms with Crippen LogP contribution in [0, 0.1) is 18.8 Å². The molecule has 2 aromatic rings. The Labute approximate surface area is 285 Å². The average Bonchev–Trinajstić information content (AvgIpc) is 3.36. The van der Waals surface area contributed by atoms with Gasteiger partial charge in [-0.05, 0) is 123 Å². The van der Waals surface area contributed by atoms with E-state index in [1.807, 2.05) is 0 Å². The Morgan fingerprint density at radius 1 is 1.00 bits per heavy atom. The molecule has 0 radical (unpaired) electrons. The normalized spacial score (nSPS) is 21.1. The van der Waals surface area contributed by atoms with E-state index in [4.69, 9.17) is 0 Å². The Kier molecular flexibility index (Phi) is 12.7. The molecular formula is C46H53N. The Hall–Kier alpha value is -4.36. The maximum Gasteiger partial charge on any atom is 0.0346 e. The summed E-state index contributed by atoms with van der Waals surface area (Å²) in [4.78, 5) is 0. The number of nitrogens with one attached hydrogen (secondary N) is 1. The van der Waals surface area contributed by atoms with Crippen LogP contribution in [0.3, 0.4) is 0 Å². The molecule has 0 amide bonds. The summed E-state index contributed by atoms with van der Waals surface area (Å²) < 4.78 is 0. The van der Waals surface area contributed by atoms with Gasteiger partial charge in [-0.1, -0.05) is 146 Å². The monoisotopic (exact) mass is 619 g/mol.